The Morgan fingerprint density at radius 2 is 1.45 bits per heavy atom. The van der Waals surface area contributed by atoms with Crippen LogP contribution in [0, 0.1) is 0 Å². The second-order valence-corrected chi connectivity index (χ2v) is 6.88. The molecule has 0 radical (unpaired) electrons. The Bertz CT molecular complexity index is 981. The number of halogens is 6. The monoisotopic (exact) mass is 416 g/mol. The Morgan fingerprint density at radius 3 is 2.03 bits per heavy atom. The van der Waals surface area contributed by atoms with Gasteiger partial charge in [-0.15, -0.1) is 0 Å². The average molecular weight is 416 g/mol. The van der Waals surface area contributed by atoms with Gasteiger partial charge in [-0.25, -0.2) is 9.69 Å². The quantitative estimate of drug-likeness (QED) is 0.481. The number of carbonyl (C=O) groups excluding carboxylic acids is 2. The number of benzene rings is 2. The maximum atomic E-state index is 13.4. The first-order valence-corrected chi connectivity index (χ1v) is 8.28. The van der Waals surface area contributed by atoms with Crippen molar-refractivity contribution >= 4 is 23.3 Å². The van der Waals surface area contributed by atoms with Crippen LogP contribution in [-0.4, -0.2) is 17.5 Å². The van der Waals surface area contributed by atoms with Crippen LogP contribution in [0.15, 0.2) is 48.5 Å². The van der Waals surface area contributed by atoms with Gasteiger partial charge in [-0.3, -0.25) is 9.69 Å². The van der Waals surface area contributed by atoms with E-state index in [1.807, 2.05) is 0 Å². The molecule has 0 aliphatic carbocycles. The maximum absolute atomic E-state index is 13.4. The maximum Gasteiger partial charge on any atom is 0.418 e. The van der Waals surface area contributed by atoms with Crippen molar-refractivity contribution in [3.8, 4) is 0 Å². The SMILES string of the molecule is CC1(C)C(=O)N(c2cccc(C(F)(F)F)c2)C(=O)N1c1ccccc1C(F)(F)F. The van der Waals surface area contributed by atoms with E-state index in [9.17, 15) is 35.9 Å². The van der Waals surface area contributed by atoms with E-state index in [1.54, 1.807) is 0 Å². The molecule has 10 heteroatoms. The van der Waals surface area contributed by atoms with Gasteiger partial charge in [0.1, 0.15) is 5.54 Å². The molecule has 0 atom stereocenters. The van der Waals surface area contributed by atoms with E-state index in [2.05, 4.69) is 0 Å². The van der Waals surface area contributed by atoms with Crippen LogP contribution in [0.3, 0.4) is 0 Å². The van der Waals surface area contributed by atoms with Crippen LogP contribution in [-0.2, 0) is 17.1 Å². The van der Waals surface area contributed by atoms with E-state index < -0.39 is 46.6 Å². The van der Waals surface area contributed by atoms with Gasteiger partial charge in [-0.05, 0) is 44.2 Å². The fraction of sp³-hybridized carbons (Fsp3) is 0.263. The lowest BCUT2D eigenvalue weighted by Crippen LogP contribution is -2.45. The van der Waals surface area contributed by atoms with Gasteiger partial charge in [0.05, 0.1) is 22.5 Å². The third kappa shape index (κ3) is 3.43. The third-order valence-electron chi connectivity index (χ3n) is 4.55. The first kappa shape index (κ1) is 20.7. The minimum atomic E-state index is -4.81. The van der Waals surface area contributed by atoms with Crippen molar-refractivity contribution in [3.63, 3.8) is 0 Å². The predicted molar refractivity (Wildman–Crippen MR) is 92.3 cm³/mol. The topological polar surface area (TPSA) is 40.6 Å². The molecule has 0 spiro atoms. The zero-order chi connectivity index (χ0) is 21.8. The number of para-hydroxylation sites is 1. The molecule has 0 unspecified atom stereocenters. The van der Waals surface area contributed by atoms with E-state index in [-0.39, 0.29) is 5.69 Å². The zero-order valence-electron chi connectivity index (χ0n) is 15.1. The highest BCUT2D eigenvalue weighted by atomic mass is 19.4. The lowest BCUT2D eigenvalue weighted by atomic mass is 10.0. The van der Waals surface area contributed by atoms with Crippen molar-refractivity contribution in [2.45, 2.75) is 31.7 Å². The van der Waals surface area contributed by atoms with Gasteiger partial charge < -0.3 is 0 Å². The second-order valence-electron chi connectivity index (χ2n) is 6.88. The fourth-order valence-corrected chi connectivity index (χ4v) is 3.16. The molecule has 154 valence electrons. The molecule has 0 saturated carbocycles. The highest BCUT2D eigenvalue weighted by Gasteiger charge is 2.54. The largest absolute Gasteiger partial charge is 0.418 e. The zero-order valence-corrected chi connectivity index (χ0v) is 15.1. The van der Waals surface area contributed by atoms with Gasteiger partial charge in [-0.1, -0.05) is 18.2 Å². The Kier molecular flexibility index (Phi) is 4.64. The Morgan fingerprint density at radius 1 is 0.828 bits per heavy atom. The molecule has 1 heterocycles. The van der Waals surface area contributed by atoms with Crippen molar-refractivity contribution in [1.82, 2.24) is 0 Å². The molecule has 1 aliphatic rings. The molecule has 2 aromatic carbocycles. The molecule has 1 fully saturated rings. The summed E-state index contributed by atoms with van der Waals surface area (Å²) in [5.41, 5.74) is -4.93. The number of rotatable bonds is 2. The number of hydrogen-bond acceptors (Lipinski definition) is 2. The summed E-state index contributed by atoms with van der Waals surface area (Å²) in [5.74, 6) is -0.946. The van der Waals surface area contributed by atoms with Gasteiger partial charge in [0, 0.05) is 0 Å². The standard InChI is InChI=1S/C19H14F6N2O2/c1-17(2)15(28)26(12-7-5-6-11(10-12)18(20,21)22)16(29)27(17)14-9-4-3-8-13(14)19(23,24)25/h3-10H,1-2H3. The summed E-state index contributed by atoms with van der Waals surface area (Å²) in [7, 11) is 0. The summed E-state index contributed by atoms with van der Waals surface area (Å²) in [6, 6.07) is 6.51. The van der Waals surface area contributed by atoms with Crippen molar-refractivity contribution < 1.29 is 35.9 Å². The van der Waals surface area contributed by atoms with Gasteiger partial charge in [0.2, 0.25) is 0 Å². The molecular weight excluding hydrogens is 402 g/mol. The minimum Gasteiger partial charge on any atom is -0.278 e. The smallest absolute Gasteiger partial charge is 0.278 e. The highest BCUT2D eigenvalue weighted by Crippen LogP contribution is 2.43. The summed E-state index contributed by atoms with van der Waals surface area (Å²) in [4.78, 5) is 26.9. The lowest BCUT2D eigenvalue weighted by Gasteiger charge is -2.29. The number of alkyl halides is 6. The van der Waals surface area contributed by atoms with Crippen LogP contribution in [0.1, 0.15) is 25.0 Å². The molecule has 0 N–H and O–H groups in total. The Labute approximate surface area is 161 Å². The van der Waals surface area contributed by atoms with E-state index in [4.69, 9.17) is 0 Å². The summed E-state index contributed by atoms with van der Waals surface area (Å²) in [6.07, 6.45) is -9.53. The van der Waals surface area contributed by atoms with Crippen LogP contribution in [0.5, 0.6) is 0 Å². The normalized spacial score (nSPS) is 17.2. The molecule has 4 nitrogen and oxygen atoms in total. The summed E-state index contributed by atoms with van der Waals surface area (Å²) < 4.78 is 79.3. The molecule has 2 aromatic rings. The second kappa shape index (κ2) is 6.50. The molecule has 29 heavy (non-hydrogen) atoms. The molecule has 0 aromatic heterocycles. The van der Waals surface area contributed by atoms with Crippen LogP contribution >= 0.6 is 0 Å². The number of urea groups is 1. The van der Waals surface area contributed by atoms with Crippen LogP contribution in [0.4, 0.5) is 42.5 Å². The fourth-order valence-electron chi connectivity index (χ4n) is 3.16. The Balaban J connectivity index is 2.14. The Hall–Kier alpha value is -3.04. The number of anilines is 2. The van der Waals surface area contributed by atoms with Crippen molar-refractivity contribution in [2.24, 2.45) is 0 Å². The van der Waals surface area contributed by atoms with E-state index in [1.165, 1.54) is 19.9 Å². The number of nitrogens with zero attached hydrogens (tertiary/aromatic N) is 2. The highest BCUT2D eigenvalue weighted by molar-refractivity contribution is 6.30. The van der Waals surface area contributed by atoms with Crippen molar-refractivity contribution in [1.29, 1.82) is 0 Å². The summed E-state index contributed by atoms with van der Waals surface area (Å²) in [5, 5.41) is 0. The number of amides is 3. The van der Waals surface area contributed by atoms with Crippen LogP contribution in [0.2, 0.25) is 0 Å². The molecule has 3 amide bonds. The summed E-state index contributed by atoms with van der Waals surface area (Å²) in [6.45, 7) is 2.46. The molecule has 1 saturated heterocycles. The number of carbonyl (C=O) groups is 2. The molecular formula is C19H14F6N2O2. The predicted octanol–water partition coefficient (Wildman–Crippen LogP) is 5.48. The van der Waals surface area contributed by atoms with E-state index >= 15 is 0 Å². The van der Waals surface area contributed by atoms with Crippen molar-refractivity contribution in [2.75, 3.05) is 9.80 Å². The summed E-state index contributed by atoms with van der Waals surface area (Å²) >= 11 is 0. The van der Waals surface area contributed by atoms with Crippen LogP contribution in [0.25, 0.3) is 0 Å². The van der Waals surface area contributed by atoms with E-state index in [0.29, 0.717) is 15.9 Å². The first-order valence-electron chi connectivity index (χ1n) is 8.28. The van der Waals surface area contributed by atoms with Gasteiger partial charge in [0.25, 0.3) is 5.91 Å². The third-order valence-corrected chi connectivity index (χ3v) is 4.55. The van der Waals surface area contributed by atoms with Gasteiger partial charge >= 0.3 is 18.4 Å². The molecule has 0 bridgehead atoms. The average Bonchev–Trinajstić information content (AvgIpc) is 2.78. The molecule has 1 aliphatic heterocycles. The molecule has 3 rings (SSSR count). The first-order chi connectivity index (χ1) is 13.3. The van der Waals surface area contributed by atoms with Gasteiger partial charge in [0.15, 0.2) is 0 Å². The number of hydrogen-bond donors (Lipinski definition) is 0. The van der Waals surface area contributed by atoms with Gasteiger partial charge in [-0.2, -0.15) is 26.3 Å². The van der Waals surface area contributed by atoms with Crippen LogP contribution < -0.4 is 9.80 Å². The van der Waals surface area contributed by atoms with Crippen molar-refractivity contribution in [3.05, 3.63) is 59.7 Å². The minimum absolute atomic E-state index is 0.380. The lowest BCUT2D eigenvalue weighted by molar-refractivity contribution is -0.138. The van der Waals surface area contributed by atoms with E-state index in [0.717, 1.165) is 36.4 Å². The number of imide groups is 1.